The maximum atomic E-state index is 6.28. The van der Waals surface area contributed by atoms with Gasteiger partial charge in [0.25, 0.3) is 0 Å². The van der Waals surface area contributed by atoms with Crippen LogP contribution in [0.2, 0.25) is 0 Å². The second kappa shape index (κ2) is 12.6. The van der Waals surface area contributed by atoms with Crippen molar-refractivity contribution >= 4 is 5.96 Å². The van der Waals surface area contributed by atoms with Gasteiger partial charge in [0, 0.05) is 51.6 Å². The minimum absolute atomic E-state index is 0.309. The molecule has 0 bridgehead atoms. The van der Waals surface area contributed by atoms with Crippen LogP contribution in [0.4, 0.5) is 0 Å². The van der Waals surface area contributed by atoms with Gasteiger partial charge in [-0.25, -0.2) is 0 Å². The topological polar surface area (TPSA) is 73.3 Å². The van der Waals surface area contributed by atoms with Crippen molar-refractivity contribution in [3.63, 3.8) is 0 Å². The Morgan fingerprint density at radius 3 is 2.63 bits per heavy atom. The standard InChI is InChI=1S/C23H37N3O4/c1-24-23(25-12-5-13-29-19-10-14-28-15-11-19)26-17-18-8-9-21(27-2)16-22(18)30-20-6-3-4-7-20/h8-9,16,19-20H,3-7,10-15,17H2,1-2H3,(H2,24,25,26). The third-order valence-electron chi connectivity index (χ3n) is 5.68. The van der Waals surface area contributed by atoms with Crippen molar-refractivity contribution in [1.82, 2.24) is 10.6 Å². The normalized spacial score (nSPS) is 18.4. The first-order valence-electron chi connectivity index (χ1n) is 11.3. The van der Waals surface area contributed by atoms with E-state index in [1.54, 1.807) is 14.2 Å². The number of nitrogens with one attached hydrogen (secondary N) is 2. The van der Waals surface area contributed by atoms with Crippen molar-refractivity contribution < 1.29 is 18.9 Å². The van der Waals surface area contributed by atoms with E-state index in [1.807, 2.05) is 12.1 Å². The minimum Gasteiger partial charge on any atom is -0.497 e. The van der Waals surface area contributed by atoms with Gasteiger partial charge in [-0.2, -0.15) is 0 Å². The number of ether oxygens (including phenoxy) is 4. The van der Waals surface area contributed by atoms with Gasteiger partial charge in [0.15, 0.2) is 5.96 Å². The Hall–Kier alpha value is -1.99. The van der Waals surface area contributed by atoms with Crippen molar-refractivity contribution in [2.45, 2.75) is 63.7 Å². The van der Waals surface area contributed by atoms with Gasteiger partial charge in [0.1, 0.15) is 11.5 Å². The SMILES string of the molecule is CN=C(NCCCOC1CCOCC1)NCc1ccc(OC)cc1OC1CCCC1. The molecule has 2 aliphatic rings. The number of hydrogen-bond donors (Lipinski definition) is 2. The second-order valence-electron chi connectivity index (χ2n) is 7.89. The lowest BCUT2D eigenvalue weighted by molar-refractivity contribution is -0.0320. The first-order valence-corrected chi connectivity index (χ1v) is 11.3. The van der Waals surface area contributed by atoms with Gasteiger partial charge in [-0.15, -0.1) is 0 Å². The molecule has 2 fully saturated rings. The van der Waals surface area contributed by atoms with Crippen molar-refractivity contribution in [3.8, 4) is 11.5 Å². The van der Waals surface area contributed by atoms with E-state index in [0.29, 0.717) is 18.8 Å². The number of aliphatic imine (C=N–C) groups is 1. The summed E-state index contributed by atoms with van der Waals surface area (Å²) >= 11 is 0. The van der Waals surface area contributed by atoms with E-state index >= 15 is 0 Å². The van der Waals surface area contributed by atoms with E-state index in [9.17, 15) is 0 Å². The summed E-state index contributed by atoms with van der Waals surface area (Å²) < 4.78 is 22.9. The molecule has 1 saturated heterocycles. The highest BCUT2D eigenvalue weighted by molar-refractivity contribution is 5.79. The largest absolute Gasteiger partial charge is 0.497 e. The number of hydrogen-bond acceptors (Lipinski definition) is 5. The Labute approximate surface area is 180 Å². The summed E-state index contributed by atoms with van der Waals surface area (Å²) in [6, 6.07) is 6.02. The minimum atomic E-state index is 0.309. The molecule has 0 radical (unpaired) electrons. The molecule has 1 aromatic carbocycles. The first-order chi connectivity index (χ1) is 14.8. The molecule has 0 aromatic heterocycles. The zero-order chi connectivity index (χ0) is 21.0. The van der Waals surface area contributed by atoms with E-state index in [4.69, 9.17) is 18.9 Å². The molecule has 0 atom stereocenters. The molecule has 1 saturated carbocycles. The van der Waals surface area contributed by atoms with Crippen molar-refractivity contribution in [2.75, 3.05) is 40.5 Å². The Kier molecular flexibility index (Phi) is 9.57. The van der Waals surface area contributed by atoms with E-state index in [-0.39, 0.29) is 0 Å². The quantitative estimate of drug-likeness (QED) is 0.345. The molecule has 1 aliphatic heterocycles. The molecule has 30 heavy (non-hydrogen) atoms. The van der Waals surface area contributed by atoms with E-state index in [2.05, 4.69) is 21.7 Å². The predicted molar refractivity (Wildman–Crippen MR) is 118 cm³/mol. The average Bonchev–Trinajstić information content (AvgIpc) is 3.30. The number of benzene rings is 1. The fourth-order valence-corrected chi connectivity index (χ4v) is 3.87. The zero-order valence-corrected chi connectivity index (χ0v) is 18.5. The van der Waals surface area contributed by atoms with Crippen molar-refractivity contribution in [1.29, 1.82) is 0 Å². The summed E-state index contributed by atoms with van der Waals surface area (Å²) in [7, 11) is 3.47. The molecule has 3 rings (SSSR count). The molecule has 1 aromatic rings. The Balaban J connectivity index is 1.42. The third kappa shape index (κ3) is 7.36. The summed E-state index contributed by atoms with van der Waals surface area (Å²) in [6.45, 7) is 3.85. The lowest BCUT2D eigenvalue weighted by Crippen LogP contribution is -2.37. The molecule has 0 unspecified atom stereocenters. The fourth-order valence-electron chi connectivity index (χ4n) is 3.87. The smallest absolute Gasteiger partial charge is 0.191 e. The highest BCUT2D eigenvalue weighted by Crippen LogP contribution is 2.30. The van der Waals surface area contributed by atoms with Crippen LogP contribution in [-0.2, 0) is 16.0 Å². The fraction of sp³-hybridized carbons (Fsp3) is 0.696. The van der Waals surface area contributed by atoms with Crippen molar-refractivity contribution in [2.24, 2.45) is 4.99 Å². The molecule has 7 heteroatoms. The molecular weight excluding hydrogens is 382 g/mol. The van der Waals surface area contributed by atoms with Gasteiger partial charge in [-0.1, -0.05) is 0 Å². The Morgan fingerprint density at radius 2 is 1.90 bits per heavy atom. The van der Waals surface area contributed by atoms with E-state index in [1.165, 1.54) is 12.8 Å². The average molecular weight is 420 g/mol. The van der Waals surface area contributed by atoms with Gasteiger partial charge in [-0.05, 0) is 57.1 Å². The molecule has 7 nitrogen and oxygen atoms in total. The highest BCUT2D eigenvalue weighted by atomic mass is 16.5. The summed E-state index contributed by atoms with van der Waals surface area (Å²) in [5.41, 5.74) is 1.11. The maximum absolute atomic E-state index is 6.28. The number of nitrogens with zero attached hydrogens (tertiary/aromatic N) is 1. The summed E-state index contributed by atoms with van der Waals surface area (Å²) in [5.74, 6) is 2.50. The van der Waals surface area contributed by atoms with Crippen LogP contribution in [0.1, 0.15) is 50.5 Å². The highest BCUT2D eigenvalue weighted by Gasteiger charge is 2.18. The Bertz CT molecular complexity index is 656. The van der Waals surface area contributed by atoms with Crippen LogP contribution in [0, 0.1) is 0 Å². The van der Waals surface area contributed by atoms with Gasteiger partial charge in [-0.3, -0.25) is 4.99 Å². The zero-order valence-electron chi connectivity index (χ0n) is 18.5. The van der Waals surface area contributed by atoms with E-state index in [0.717, 1.165) is 81.5 Å². The first kappa shape index (κ1) is 22.7. The van der Waals surface area contributed by atoms with Crippen LogP contribution in [0.15, 0.2) is 23.2 Å². The summed E-state index contributed by atoms with van der Waals surface area (Å²) in [6.07, 6.45) is 8.36. The molecule has 0 amide bonds. The molecule has 1 heterocycles. The van der Waals surface area contributed by atoms with Crippen LogP contribution >= 0.6 is 0 Å². The molecule has 0 spiro atoms. The molecule has 2 N–H and O–H groups in total. The lowest BCUT2D eigenvalue weighted by atomic mass is 10.1. The summed E-state index contributed by atoms with van der Waals surface area (Å²) in [4.78, 5) is 4.33. The van der Waals surface area contributed by atoms with Crippen molar-refractivity contribution in [3.05, 3.63) is 23.8 Å². The van der Waals surface area contributed by atoms with Gasteiger partial charge in [0.05, 0.1) is 19.3 Å². The maximum Gasteiger partial charge on any atom is 0.191 e. The van der Waals surface area contributed by atoms with Crippen LogP contribution in [0.25, 0.3) is 0 Å². The lowest BCUT2D eigenvalue weighted by Gasteiger charge is -2.22. The van der Waals surface area contributed by atoms with E-state index < -0.39 is 0 Å². The molecule has 1 aliphatic carbocycles. The van der Waals surface area contributed by atoms with Crippen LogP contribution < -0.4 is 20.1 Å². The summed E-state index contributed by atoms with van der Waals surface area (Å²) in [5, 5.41) is 6.75. The number of guanidine groups is 1. The van der Waals surface area contributed by atoms with Gasteiger partial charge >= 0.3 is 0 Å². The van der Waals surface area contributed by atoms with Crippen LogP contribution in [0.5, 0.6) is 11.5 Å². The predicted octanol–water partition coefficient (Wildman–Crippen LogP) is 3.27. The van der Waals surface area contributed by atoms with Crippen LogP contribution in [0.3, 0.4) is 0 Å². The number of rotatable bonds is 10. The van der Waals surface area contributed by atoms with Gasteiger partial charge < -0.3 is 29.6 Å². The second-order valence-corrected chi connectivity index (χ2v) is 7.89. The number of methoxy groups -OCH3 is 1. The molecular formula is C23H37N3O4. The third-order valence-corrected chi connectivity index (χ3v) is 5.68. The Morgan fingerprint density at radius 1 is 1.10 bits per heavy atom. The van der Waals surface area contributed by atoms with Gasteiger partial charge in [0.2, 0.25) is 0 Å². The van der Waals surface area contributed by atoms with Crippen LogP contribution in [-0.4, -0.2) is 58.7 Å². The monoisotopic (exact) mass is 419 g/mol. The molecule has 168 valence electrons.